The third kappa shape index (κ3) is 24.2. The number of benzene rings is 6. The Hall–Kier alpha value is -13.1. The number of aryl methyl sites for hydroxylation is 6. The zero-order valence-corrected chi connectivity index (χ0v) is 65.2. The smallest absolute Gasteiger partial charge is 0.243 e. The van der Waals surface area contributed by atoms with Gasteiger partial charge < -0.3 is 79.3 Å². The third-order valence-electron chi connectivity index (χ3n) is 19.2. The molecule has 1 atom stereocenters. The Morgan fingerprint density at radius 1 is 0.451 bits per heavy atom. The maximum absolute atomic E-state index is 12.7. The molecule has 1 fully saturated rings. The number of ketones is 3. The second-order valence-electron chi connectivity index (χ2n) is 29.0. The minimum Gasteiger partial charge on any atom is -0.399 e. The molecule has 586 valence electrons. The molecule has 113 heavy (non-hydrogen) atoms. The molecule has 3 aromatic heterocycles. The molecule has 0 amide bonds. The number of nitrogen functional groups attached to an aromatic ring is 1. The number of anilines is 9. The zero-order chi connectivity index (χ0) is 79.8. The molecule has 0 bridgehead atoms. The number of aromatic nitrogens is 6. The Labute approximate surface area is 660 Å². The van der Waals surface area contributed by atoms with Crippen molar-refractivity contribution >= 4 is 103 Å². The number of hydrogen-bond acceptors (Lipinski definition) is 20. The highest BCUT2D eigenvalue weighted by molar-refractivity contribution is 6.24. The van der Waals surface area contributed by atoms with Gasteiger partial charge in [0, 0.05) is 134 Å². The van der Waals surface area contributed by atoms with Crippen LogP contribution in [0.4, 0.5) is 68.2 Å². The first-order valence-corrected chi connectivity index (χ1v) is 38.0. The summed E-state index contributed by atoms with van der Waals surface area (Å²) >= 11 is 0. The van der Waals surface area contributed by atoms with Gasteiger partial charge in [0.2, 0.25) is 36.3 Å². The van der Waals surface area contributed by atoms with Crippen molar-refractivity contribution in [2.75, 3.05) is 128 Å². The molecule has 0 saturated carbocycles. The number of rotatable bonds is 31. The summed E-state index contributed by atoms with van der Waals surface area (Å²) in [6.45, 7) is 8.41. The minimum atomic E-state index is -0.217. The van der Waals surface area contributed by atoms with E-state index in [9.17, 15) is 24.6 Å². The first-order valence-electron chi connectivity index (χ1n) is 38.0. The fourth-order valence-corrected chi connectivity index (χ4v) is 12.9. The van der Waals surface area contributed by atoms with Gasteiger partial charge in [-0.15, -0.1) is 0 Å². The second kappa shape index (κ2) is 39.0. The van der Waals surface area contributed by atoms with E-state index < -0.39 is 0 Å². The number of hydrogen-bond donors (Lipinski definition) is 12. The molecule has 16 N–H and O–H groups in total. The van der Waals surface area contributed by atoms with Crippen LogP contribution in [-0.2, 0) is 55.2 Å². The van der Waals surface area contributed by atoms with Crippen LogP contribution in [0.5, 0.6) is 0 Å². The fourth-order valence-electron chi connectivity index (χ4n) is 12.9. The van der Waals surface area contributed by atoms with Crippen LogP contribution >= 0.6 is 0 Å². The van der Waals surface area contributed by atoms with Crippen LogP contribution in [0.1, 0.15) is 25.7 Å². The summed E-state index contributed by atoms with van der Waals surface area (Å²) < 4.78 is 13.6. The van der Waals surface area contributed by atoms with E-state index in [2.05, 4.69) is 131 Å². The van der Waals surface area contributed by atoms with Crippen molar-refractivity contribution < 1.29 is 42.8 Å². The predicted octanol–water partition coefficient (Wildman–Crippen LogP) is 8.58. The SMILES string of the molecule is C[n+]1ccn(CCCNc2ccc(NC3=CC(=Nc4ccc(N(CCO)CCO)cc4)C(N)=CC3=O)cc2)c1.C[n+]1ccn(CCCNc2ccc(NC3=CC(=Nc4ccc(N)cc4)C(N)=CC3=O)cc2)c1.C[n+]1ccn(CCCNc2ccc(NC3=CC(=Nc4ccc(N5CCC([N+](C)(C)C)C5)cc4)C(N)=CC3=O)cc2)c1. The van der Waals surface area contributed by atoms with E-state index in [0.717, 1.165) is 122 Å². The van der Waals surface area contributed by atoms with Crippen molar-refractivity contribution in [3.63, 3.8) is 0 Å². The number of nitrogens with two attached hydrogens (primary N) is 4. The maximum Gasteiger partial charge on any atom is 0.243 e. The molecular weight excluding hydrogens is 1420 g/mol. The van der Waals surface area contributed by atoms with Crippen LogP contribution in [0.2, 0.25) is 0 Å². The first-order chi connectivity index (χ1) is 54.5. The number of aliphatic hydroxyl groups is 2. The van der Waals surface area contributed by atoms with Gasteiger partial charge in [-0.05, 0) is 164 Å². The quantitative estimate of drug-likeness (QED) is 0.00636. The molecule has 1 aliphatic heterocycles. The Morgan fingerprint density at radius 3 is 1.09 bits per heavy atom. The van der Waals surface area contributed by atoms with E-state index in [1.165, 1.54) is 30.3 Å². The lowest BCUT2D eigenvalue weighted by molar-refractivity contribution is -0.893. The Bertz CT molecular complexity index is 5010. The number of nitrogens with zero attached hydrogens (tertiary/aromatic N) is 12. The maximum atomic E-state index is 12.7. The van der Waals surface area contributed by atoms with E-state index in [1.807, 2.05) is 168 Å². The lowest BCUT2D eigenvalue weighted by Crippen LogP contribution is -2.46. The predicted molar refractivity (Wildman–Crippen MR) is 452 cm³/mol. The highest BCUT2D eigenvalue weighted by Crippen LogP contribution is 2.30. The van der Waals surface area contributed by atoms with Crippen LogP contribution in [0.25, 0.3) is 0 Å². The number of nitrogens with one attached hydrogen (secondary N) is 6. The van der Waals surface area contributed by atoms with Crippen LogP contribution in [0.15, 0.2) is 287 Å². The average molecular weight is 1530 g/mol. The molecule has 3 aliphatic carbocycles. The Balaban J connectivity index is 0.000000168. The third-order valence-corrected chi connectivity index (χ3v) is 19.2. The van der Waals surface area contributed by atoms with E-state index in [1.54, 1.807) is 42.5 Å². The van der Waals surface area contributed by atoms with Crippen LogP contribution in [0, 0.1) is 0 Å². The summed E-state index contributed by atoms with van der Waals surface area (Å²) in [6.07, 6.45) is 32.0. The molecule has 6 aromatic carbocycles. The number of carbonyl (C=O) groups is 3. The number of carbonyl (C=O) groups excluding carboxylic acids is 3. The molecule has 0 spiro atoms. The van der Waals surface area contributed by atoms with Crippen LogP contribution < -0.4 is 78.3 Å². The summed E-state index contributed by atoms with van der Waals surface area (Å²) in [5.74, 6) is -0.575. The fraction of sp³-hybridized carbons (Fsp3) is 0.267. The number of allylic oxidation sites excluding steroid dienone is 6. The van der Waals surface area contributed by atoms with Gasteiger partial charge >= 0.3 is 0 Å². The first kappa shape index (κ1) is 80.9. The van der Waals surface area contributed by atoms with Gasteiger partial charge in [-0.1, -0.05) is 0 Å². The molecular formula is C86H106N22O5+4. The van der Waals surface area contributed by atoms with E-state index >= 15 is 0 Å². The molecule has 13 rings (SSSR count). The van der Waals surface area contributed by atoms with E-state index in [0.29, 0.717) is 87.5 Å². The van der Waals surface area contributed by atoms with Gasteiger partial charge in [-0.3, -0.25) is 14.4 Å². The van der Waals surface area contributed by atoms with Gasteiger partial charge in [0.25, 0.3) is 0 Å². The molecule has 1 saturated heterocycles. The summed E-state index contributed by atoms with van der Waals surface area (Å²) in [5, 5.41) is 38.4. The molecule has 1 unspecified atom stereocenters. The lowest BCUT2D eigenvalue weighted by atomic mass is 10.1. The van der Waals surface area contributed by atoms with Gasteiger partial charge in [0.1, 0.15) is 43.2 Å². The number of quaternary nitrogens is 1. The molecule has 27 nitrogen and oxygen atoms in total. The molecule has 0 radical (unpaired) electrons. The summed E-state index contributed by atoms with van der Waals surface area (Å²) in [7, 11) is 12.8. The van der Waals surface area contributed by atoms with Crippen molar-refractivity contribution in [3.8, 4) is 0 Å². The Morgan fingerprint density at radius 2 is 0.779 bits per heavy atom. The van der Waals surface area contributed by atoms with E-state index in [-0.39, 0.29) is 30.6 Å². The zero-order valence-electron chi connectivity index (χ0n) is 65.2. The number of aliphatic hydroxyl groups excluding tert-OH is 2. The van der Waals surface area contributed by atoms with Gasteiger partial charge in [0.05, 0.1) is 150 Å². The summed E-state index contributed by atoms with van der Waals surface area (Å²) in [4.78, 5) is 56.0. The molecule has 4 aliphatic rings. The van der Waals surface area contributed by atoms with Crippen molar-refractivity contribution in [2.24, 2.45) is 53.3 Å². The van der Waals surface area contributed by atoms with Crippen LogP contribution in [-0.4, -0.2) is 149 Å². The number of imidazole rings is 3. The molecule has 4 heterocycles. The number of likely N-dealkylation sites (N-methyl/N-ethyl adjacent to an activating group) is 1. The van der Waals surface area contributed by atoms with Crippen molar-refractivity contribution in [3.05, 3.63) is 272 Å². The lowest BCUT2D eigenvalue weighted by Gasteiger charge is -2.31. The topological polar surface area (TPSA) is 338 Å². The second-order valence-corrected chi connectivity index (χ2v) is 29.0. The van der Waals surface area contributed by atoms with Gasteiger partial charge in [0.15, 0.2) is 0 Å². The molecule has 27 heteroatoms. The van der Waals surface area contributed by atoms with Crippen molar-refractivity contribution in [1.82, 2.24) is 13.7 Å². The van der Waals surface area contributed by atoms with Gasteiger partial charge in [-0.2, -0.15) is 0 Å². The largest absolute Gasteiger partial charge is 0.399 e. The summed E-state index contributed by atoms with van der Waals surface area (Å²) in [5.41, 5.74) is 38.3. The van der Waals surface area contributed by atoms with Crippen molar-refractivity contribution in [2.45, 2.75) is 51.4 Å². The standard InChI is InChI=1S/C32H41N8O.C29H35N7O3.C25H27N7O/c1-37-18-19-38(23-37)16-5-15-34-24-6-8-25(9-7-24)36-31-21-30(29(33)20-32(31)41)35-26-10-12-27(13-11-26)39-17-14-28(22-39)40(2,3)4;1-34-13-14-35(21-34)12-2-11-31-22-3-5-23(6-4-22)33-28-20-27(26(30)19-29(28)39)32-24-7-9-25(10-8-24)36(15-17-37)16-18-38;1-31-13-14-32(17-31)12-2-11-28-19-7-9-21(10-8-19)30-24-16-23(22(27)15-25(24)33)29-20-5-3-18(26)4-6-20/h6-13,18-21,23,28H,5,14-17,22H2,1-4H3,(H3-,33,34,35,36,41);3-10,13-14,19-21,37-38H,2,11-12,15-18H2,1H3,(H3-,30,31,32,33,39);3-10,13-17H,2,11-12H2,1H3,(H5-,26,27,28,29,30,33)/q+1;;/p+3. The summed E-state index contributed by atoms with van der Waals surface area (Å²) in [6, 6.07) is 47.0. The van der Waals surface area contributed by atoms with Gasteiger partial charge in [-0.25, -0.2) is 42.4 Å². The highest BCUT2D eigenvalue weighted by atomic mass is 16.3. The highest BCUT2D eigenvalue weighted by Gasteiger charge is 2.32. The minimum absolute atomic E-state index is 0.00673. The Kier molecular flexibility index (Phi) is 27.9. The average Bonchev–Trinajstić information content (AvgIpc) is 1.75. The van der Waals surface area contributed by atoms with Crippen molar-refractivity contribution in [1.29, 1.82) is 0 Å². The van der Waals surface area contributed by atoms with Crippen LogP contribution in [0.3, 0.4) is 0 Å². The van der Waals surface area contributed by atoms with E-state index in [4.69, 9.17) is 27.9 Å². The normalized spacial score (nSPS) is 15.9. The molecule has 9 aromatic rings. The monoisotopic (exact) mass is 1530 g/mol. The number of aliphatic imine (C=N–C) groups is 3.